The van der Waals surface area contributed by atoms with Gasteiger partial charge in [-0.25, -0.2) is 9.18 Å². The average Bonchev–Trinajstić information content (AvgIpc) is 3.23. The highest BCUT2D eigenvalue weighted by molar-refractivity contribution is 5.99. The summed E-state index contributed by atoms with van der Waals surface area (Å²) < 4.78 is 31.1. The number of rotatable bonds is 9. The van der Waals surface area contributed by atoms with Gasteiger partial charge in [0, 0.05) is 33.5 Å². The normalized spacial score (nSPS) is 11.3. The standard InChI is InChI=1S/C31H28FNO5/c1-19(2)37-28-18-21(32)15-16-23(28)24-11-6-12-25-26(30(33-29(24)25)38-31(34)35)13-7-17-36-27-14-5-9-20-8-3-4-10-22(20)27/h3-6,8-12,14-16,18-19,33H,7,13,17H2,1-2H3,(H,34,35). The highest BCUT2D eigenvalue weighted by atomic mass is 19.1. The second-order valence-corrected chi connectivity index (χ2v) is 9.27. The van der Waals surface area contributed by atoms with E-state index in [1.54, 1.807) is 6.07 Å². The van der Waals surface area contributed by atoms with Crippen molar-refractivity contribution in [1.29, 1.82) is 0 Å². The molecule has 7 heteroatoms. The monoisotopic (exact) mass is 513 g/mol. The van der Waals surface area contributed by atoms with Crippen LogP contribution >= 0.6 is 0 Å². The van der Waals surface area contributed by atoms with Crippen molar-refractivity contribution in [1.82, 2.24) is 4.98 Å². The van der Waals surface area contributed by atoms with Gasteiger partial charge in [0.05, 0.1) is 18.2 Å². The van der Waals surface area contributed by atoms with Crippen LogP contribution in [-0.4, -0.2) is 29.0 Å². The molecule has 0 amide bonds. The number of H-pyrrole nitrogens is 1. The van der Waals surface area contributed by atoms with Crippen LogP contribution in [-0.2, 0) is 6.42 Å². The highest BCUT2D eigenvalue weighted by Crippen LogP contribution is 2.39. The summed E-state index contributed by atoms with van der Waals surface area (Å²) in [5.41, 5.74) is 2.87. The third-order valence-electron chi connectivity index (χ3n) is 6.27. The maximum atomic E-state index is 14.0. The molecule has 0 bridgehead atoms. The molecule has 5 aromatic rings. The number of aryl methyl sites for hydroxylation is 1. The van der Waals surface area contributed by atoms with Crippen molar-refractivity contribution in [3.63, 3.8) is 0 Å². The number of halogens is 1. The lowest BCUT2D eigenvalue weighted by Gasteiger charge is -2.15. The number of aromatic nitrogens is 1. The number of fused-ring (bicyclic) bond motifs is 2. The van der Waals surface area contributed by atoms with Crippen LogP contribution in [0.3, 0.4) is 0 Å². The molecule has 0 saturated heterocycles. The molecule has 194 valence electrons. The first-order valence-corrected chi connectivity index (χ1v) is 12.5. The van der Waals surface area contributed by atoms with Gasteiger partial charge < -0.3 is 24.3 Å². The van der Waals surface area contributed by atoms with Crippen LogP contribution < -0.4 is 14.2 Å². The number of hydrogen-bond donors (Lipinski definition) is 2. The summed E-state index contributed by atoms with van der Waals surface area (Å²) in [4.78, 5) is 14.6. The van der Waals surface area contributed by atoms with Crippen molar-refractivity contribution in [3.05, 3.63) is 90.2 Å². The van der Waals surface area contributed by atoms with Crippen molar-refractivity contribution < 1.29 is 28.5 Å². The Hall–Kier alpha value is -4.52. The van der Waals surface area contributed by atoms with Crippen LogP contribution in [0.4, 0.5) is 9.18 Å². The Morgan fingerprint density at radius 2 is 1.68 bits per heavy atom. The summed E-state index contributed by atoms with van der Waals surface area (Å²) >= 11 is 0. The zero-order valence-electron chi connectivity index (χ0n) is 21.2. The van der Waals surface area contributed by atoms with E-state index in [9.17, 15) is 14.3 Å². The summed E-state index contributed by atoms with van der Waals surface area (Å²) in [5.74, 6) is 0.983. The second-order valence-electron chi connectivity index (χ2n) is 9.27. The molecule has 0 spiro atoms. The molecule has 1 aromatic heterocycles. The molecule has 0 aliphatic heterocycles. The van der Waals surface area contributed by atoms with Crippen LogP contribution in [0.5, 0.6) is 17.4 Å². The molecule has 0 fully saturated rings. The first-order valence-electron chi connectivity index (χ1n) is 12.5. The van der Waals surface area contributed by atoms with Gasteiger partial charge in [-0.15, -0.1) is 0 Å². The molecule has 6 nitrogen and oxygen atoms in total. The Morgan fingerprint density at radius 3 is 2.50 bits per heavy atom. The van der Waals surface area contributed by atoms with Gasteiger partial charge in [-0.1, -0.05) is 54.6 Å². The SMILES string of the molecule is CC(C)Oc1cc(F)ccc1-c1cccc2c(CCCOc3cccc4ccccc34)c(OC(=O)O)[nH]c12. The van der Waals surface area contributed by atoms with Gasteiger partial charge in [0.1, 0.15) is 17.3 Å². The molecule has 0 aliphatic rings. The maximum absolute atomic E-state index is 14.0. The zero-order valence-corrected chi connectivity index (χ0v) is 21.2. The molecule has 0 radical (unpaired) electrons. The number of aromatic amines is 1. The van der Waals surface area contributed by atoms with Crippen LogP contribution in [0, 0.1) is 5.82 Å². The zero-order chi connectivity index (χ0) is 26.6. The molecule has 0 aliphatic carbocycles. The second kappa shape index (κ2) is 10.8. The minimum atomic E-state index is -1.41. The van der Waals surface area contributed by atoms with Crippen LogP contribution in [0.2, 0.25) is 0 Å². The van der Waals surface area contributed by atoms with Gasteiger partial charge in [0.15, 0.2) is 0 Å². The smallest absolute Gasteiger partial charge is 0.493 e. The number of carbonyl (C=O) groups is 1. The fraction of sp³-hybridized carbons (Fsp3) is 0.194. The quantitative estimate of drug-likeness (QED) is 0.154. The van der Waals surface area contributed by atoms with Crippen molar-refractivity contribution >= 4 is 27.8 Å². The number of nitrogens with one attached hydrogen (secondary N) is 1. The minimum Gasteiger partial charge on any atom is -0.493 e. The fourth-order valence-electron chi connectivity index (χ4n) is 4.72. The Labute approximate surface area is 219 Å². The summed E-state index contributed by atoms with van der Waals surface area (Å²) in [6, 6.07) is 24.1. The van der Waals surface area contributed by atoms with Crippen LogP contribution in [0.15, 0.2) is 78.9 Å². The molecule has 2 N–H and O–H groups in total. The first kappa shape index (κ1) is 25.1. The molecular formula is C31H28FNO5. The fourth-order valence-corrected chi connectivity index (χ4v) is 4.72. The van der Waals surface area contributed by atoms with E-state index in [0.29, 0.717) is 36.3 Å². The lowest BCUT2D eigenvalue weighted by Crippen LogP contribution is -2.07. The summed E-state index contributed by atoms with van der Waals surface area (Å²) in [5, 5.41) is 12.3. The largest absolute Gasteiger partial charge is 0.512 e. The maximum Gasteiger partial charge on any atom is 0.512 e. The number of hydrogen-bond acceptors (Lipinski definition) is 4. The number of benzene rings is 4. The Morgan fingerprint density at radius 1 is 0.921 bits per heavy atom. The van der Waals surface area contributed by atoms with Gasteiger partial charge in [-0.2, -0.15) is 0 Å². The van der Waals surface area contributed by atoms with E-state index in [1.807, 2.05) is 74.5 Å². The van der Waals surface area contributed by atoms with Gasteiger partial charge >= 0.3 is 6.16 Å². The highest BCUT2D eigenvalue weighted by Gasteiger charge is 2.20. The van der Waals surface area contributed by atoms with Gasteiger partial charge in [-0.05, 0) is 50.3 Å². The summed E-state index contributed by atoms with van der Waals surface area (Å²) in [6.45, 7) is 4.19. The Bertz CT molecular complexity index is 1600. The number of ether oxygens (including phenoxy) is 3. The molecule has 4 aromatic carbocycles. The predicted octanol–water partition coefficient (Wildman–Crippen LogP) is 7.98. The molecule has 0 atom stereocenters. The van der Waals surface area contributed by atoms with Crippen molar-refractivity contribution in [2.45, 2.75) is 32.8 Å². The van der Waals surface area contributed by atoms with E-state index < -0.39 is 12.0 Å². The third kappa shape index (κ3) is 5.27. The Kier molecular flexibility index (Phi) is 7.18. The Balaban J connectivity index is 1.45. The van der Waals surface area contributed by atoms with E-state index >= 15 is 0 Å². The lowest BCUT2D eigenvalue weighted by molar-refractivity contribution is 0.142. The molecule has 1 heterocycles. The number of carboxylic acid groups (broad SMARTS) is 1. The van der Waals surface area contributed by atoms with Crippen LogP contribution in [0.25, 0.3) is 32.8 Å². The van der Waals surface area contributed by atoms with Crippen molar-refractivity contribution in [2.75, 3.05) is 6.61 Å². The van der Waals surface area contributed by atoms with Gasteiger partial charge in [-0.3, -0.25) is 0 Å². The first-order chi connectivity index (χ1) is 18.4. The topological polar surface area (TPSA) is 80.8 Å². The molecule has 0 saturated carbocycles. The molecule has 38 heavy (non-hydrogen) atoms. The minimum absolute atomic E-state index is 0.151. The van der Waals surface area contributed by atoms with E-state index in [1.165, 1.54) is 12.1 Å². The molecular weight excluding hydrogens is 485 g/mol. The van der Waals surface area contributed by atoms with E-state index in [-0.39, 0.29) is 12.0 Å². The average molecular weight is 514 g/mol. The predicted molar refractivity (Wildman–Crippen MR) is 146 cm³/mol. The van der Waals surface area contributed by atoms with Crippen molar-refractivity contribution in [2.24, 2.45) is 0 Å². The van der Waals surface area contributed by atoms with Crippen LogP contribution in [0.1, 0.15) is 25.8 Å². The summed E-state index contributed by atoms with van der Waals surface area (Å²) in [6.07, 6.45) is -0.400. The molecule has 5 rings (SSSR count). The lowest BCUT2D eigenvalue weighted by atomic mass is 9.99. The van der Waals surface area contributed by atoms with E-state index in [0.717, 1.165) is 33.0 Å². The molecule has 0 unspecified atom stereocenters. The van der Waals surface area contributed by atoms with E-state index in [2.05, 4.69) is 4.98 Å². The third-order valence-corrected chi connectivity index (χ3v) is 6.27. The van der Waals surface area contributed by atoms with Crippen molar-refractivity contribution in [3.8, 4) is 28.5 Å². The van der Waals surface area contributed by atoms with Gasteiger partial charge in [0.25, 0.3) is 0 Å². The summed E-state index contributed by atoms with van der Waals surface area (Å²) in [7, 11) is 0. The van der Waals surface area contributed by atoms with E-state index in [4.69, 9.17) is 14.2 Å². The number of para-hydroxylation sites is 1. The van der Waals surface area contributed by atoms with Gasteiger partial charge in [0.2, 0.25) is 5.88 Å².